The second-order valence-corrected chi connectivity index (χ2v) is 8.12. The monoisotopic (exact) mass is 430 g/mol. The molecule has 0 radical (unpaired) electrons. The molecule has 4 rings (SSSR count). The van der Waals surface area contributed by atoms with E-state index in [4.69, 9.17) is 9.72 Å². The molecule has 0 bridgehead atoms. The summed E-state index contributed by atoms with van der Waals surface area (Å²) in [6.07, 6.45) is 2.90. The summed E-state index contributed by atoms with van der Waals surface area (Å²) in [5.41, 5.74) is 3.30. The molecule has 7 heteroatoms. The molecule has 1 aliphatic heterocycles. The number of anilines is 2. The van der Waals surface area contributed by atoms with E-state index in [1.54, 1.807) is 18.4 Å². The molecule has 3 heterocycles. The summed E-state index contributed by atoms with van der Waals surface area (Å²) in [4.78, 5) is 13.0. The van der Waals surface area contributed by atoms with Gasteiger partial charge >= 0.3 is 0 Å². The van der Waals surface area contributed by atoms with E-state index in [1.165, 1.54) is 10.4 Å². The van der Waals surface area contributed by atoms with Crippen molar-refractivity contribution in [3.63, 3.8) is 0 Å². The quantitative estimate of drug-likeness (QED) is 0.640. The first-order valence-corrected chi connectivity index (χ1v) is 10.1. The van der Waals surface area contributed by atoms with E-state index in [0.29, 0.717) is 5.95 Å². The van der Waals surface area contributed by atoms with Gasteiger partial charge in [0.05, 0.1) is 12.8 Å². The fourth-order valence-corrected chi connectivity index (χ4v) is 4.52. The smallest absolute Gasteiger partial charge is 0.227 e. The maximum atomic E-state index is 5.18. The number of aromatic nitrogens is 2. The largest absolute Gasteiger partial charge is 0.497 e. The third-order valence-electron chi connectivity index (χ3n) is 4.36. The van der Waals surface area contributed by atoms with Crippen molar-refractivity contribution in [1.29, 1.82) is 0 Å². The van der Waals surface area contributed by atoms with Crippen molar-refractivity contribution in [3.05, 3.63) is 62.5 Å². The lowest BCUT2D eigenvalue weighted by Crippen LogP contribution is -2.30. The molecular formula is C19H19BrN4OS. The van der Waals surface area contributed by atoms with Gasteiger partial charge in [-0.2, -0.15) is 0 Å². The minimum atomic E-state index is 0.643. The third kappa shape index (κ3) is 4.06. The molecule has 26 heavy (non-hydrogen) atoms. The zero-order valence-electron chi connectivity index (χ0n) is 14.4. The van der Waals surface area contributed by atoms with E-state index >= 15 is 0 Å². The van der Waals surface area contributed by atoms with Gasteiger partial charge in [-0.1, -0.05) is 0 Å². The van der Waals surface area contributed by atoms with Gasteiger partial charge < -0.3 is 10.1 Å². The van der Waals surface area contributed by atoms with Crippen molar-refractivity contribution < 1.29 is 4.74 Å². The standard InChI is InChI=1S/C19H19BrN4OS/c1-25-16-4-2-15(3-5-16)22-19-21-9-13-10-24(7-6-18(13)23-19)11-17-8-14(20)12-26-17/h2-5,8-9,12H,6-7,10-11H2,1H3,(H,21,22,23). The van der Waals surface area contributed by atoms with Gasteiger partial charge in [-0.3, -0.25) is 4.90 Å². The molecule has 5 nitrogen and oxygen atoms in total. The lowest BCUT2D eigenvalue weighted by molar-refractivity contribution is 0.245. The predicted molar refractivity (Wildman–Crippen MR) is 108 cm³/mol. The summed E-state index contributed by atoms with van der Waals surface area (Å²) in [6, 6.07) is 9.95. The SMILES string of the molecule is COc1ccc(Nc2ncc3c(n2)CCN(Cc2cc(Br)cs2)C3)cc1. The number of benzene rings is 1. The van der Waals surface area contributed by atoms with Crippen molar-refractivity contribution in [1.82, 2.24) is 14.9 Å². The number of rotatable bonds is 5. The minimum absolute atomic E-state index is 0.643. The van der Waals surface area contributed by atoms with Crippen LogP contribution in [0.5, 0.6) is 5.75 Å². The average Bonchev–Trinajstić information content (AvgIpc) is 3.07. The van der Waals surface area contributed by atoms with Crippen LogP contribution in [-0.2, 0) is 19.5 Å². The lowest BCUT2D eigenvalue weighted by Gasteiger charge is -2.27. The summed E-state index contributed by atoms with van der Waals surface area (Å²) in [6.45, 7) is 2.89. The number of halogens is 1. The Balaban J connectivity index is 1.43. The Kier molecular flexibility index (Phi) is 5.19. The number of hydrogen-bond acceptors (Lipinski definition) is 6. The summed E-state index contributed by atoms with van der Waals surface area (Å²) in [7, 11) is 1.66. The third-order valence-corrected chi connectivity index (χ3v) is 6.04. The molecule has 0 atom stereocenters. The number of nitrogens with one attached hydrogen (secondary N) is 1. The Labute approximate surface area is 165 Å². The fraction of sp³-hybridized carbons (Fsp3) is 0.263. The van der Waals surface area contributed by atoms with Crippen molar-refractivity contribution in [2.75, 3.05) is 19.0 Å². The van der Waals surface area contributed by atoms with E-state index in [0.717, 1.165) is 47.7 Å². The van der Waals surface area contributed by atoms with Crippen LogP contribution in [0.25, 0.3) is 0 Å². The van der Waals surface area contributed by atoms with Gasteiger partial charge in [-0.05, 0) is 46.3 Å². The summed E-state index contributed by atoms with van der Waals surface area (Å²) in [5.74, 6) is 1.48. The minimum Gasteiger partial charge on any atom is -0.497 e. The first-order valence-electron chi connectivity index (χ1n) is 8.41. The van der Waals surface area contributed by atoms with Crippen LogP contribution < -0.4 is 10.1 Å². The molecule has 3 aromatic rings. The zero-order valence-corrected chi connectivity index (χ0v) is 16.8. The Bertz CT molecular complexity index is 897. The zero-order chi connectivity index (χ0) is 17.9. The number of fused-ring (bicyclic) bond motifs is 1. The fourth-order valence-electron chi connectivity index (χ4n) is 3.03. The molecule has 1 aliphatic rings. The van der Waals surface area contributed by atoms with Crippen molar-refractivity contribution in [3.8, 4) is 5.75 Å². The van der Waals surface area contributed by atoms with Crippen molar-refractivity contribution >= 4 is 38.9 Å². The van der Waals surface area contributed by atoms with Crippen LogP contribution >= 0.6 is 27.3 Å². The molecule has 0 amide bonds. The molecule has 0 saturated heterocycles. The van der Waals surface area contributed by atoms with Gasteiger partial charge in [0.1, 0.15) is 5.75 Å². The molecule has 0 aliphatic carbocycles. The Morgan fingerprint density at radius 1 is 1.31 bits per heavy atom. The summed E-state index contributed by atoms with van der Waals surface area (Å²) < 4.78 is 6.34. The highest BCUT2D eigenvalue weighted by atomic mass is 79.9. The van der Waals surface area contributed by atoms with Crippen LogP contribution in [-0.4, -0.2) is 28.5 Å². The van der Waals surface area contributed by atoms with Crippen LogP contribution in [0.2, 0.25) is 0 Å². The molecule has 2 aromatic heterocycles. The van der Waals surface area contributed by atoms with Crippen LogP contribution in [0, 0.1) is 0 Å². The van der Waals surface area contributed by atoms with E-state index in [1.807, 2.05) is 30.5 Å². The molecule has 134 valence electrons. The second-order valence-electron chi connectivity index (χ2n) is 6.21. The normalized spacial score (nSPS) is 14.1. The topological polar surface area (TPSA) is 50.3 Å². The van der Waals surface area contributed by atoms with Crippen LogP contribution in [0.4, 0.5) is 11.6 Å². The van der Waals surface area contributed by atoms with Gasteiger partial charge in [0.25, 0.3) is 0 Å². The first-order chi connectivity index (χ1) is 12.7. The highest BCUT2D eigenvalue weighted by Gasteiger charge is 2.19. The van der Waals surface area contributed by atoms with Crippen LogP contribution in [0.15, 0.2) is 46.4 Å². The maximum Gasteiger partial charge on any atom is 0.227 e. The van der Waals surface area contributed by atoms with E-state index in [9.17, 15) is 0 Å². The summed E-state index contributed by atoms with van der Waals surface area (Å²) >= 11 is 5.32. The number of nitrogens with zero attached hydrogens (tertiary/aromatic N) is 3. The van der Waals surface area contributed by atoms with Gasteiger partial charge in [-0.25, -0.2) is 9.97 Å². The van der Waals surface area contributed by atoms with E-state index < -0.39 is 0 Å². The molecule has 0 fully saturated rings. The van der Waals surface area contributed by atoms with Gasteiger partial charge in [0.15, 0.2) is 0 Å². The molecule has 0 spiro atoms. The first kappa shape index (κ1) is 17.5. The highest BCUT2D eigenvalue weighted by molar-refractivity contribution is 9.10. The number of ether oxygens (including phenoxy) is 1. The van der Waals surface area contributed by atoms with Gasteiger partial charge in [0, 0.05) is 58.2 Å². The van der Waals surface area contributed by atoms with Crippen LogP contribution in [0.3, 0.4) is 0 Å². The number of methoxy groups -OCH3 is 1. The molecule has 0 saturated carbocycles. The maximum absolute atomic E-state index is 5.18. The van der Waals surface area contributed by atoms with Crippen LogP contribution in [0.1, 0.15) is 16.1 Å². The summed E-state index contributed by atoms with van der Waals surface area (Å²) in [5, 5.41) is 5.40. The Morgan fingerprint density at radius 3 is 2.88 bits per heavy atom. The molecule has 1 aromatic carbocycles. The molecule has 1 N–H and O–H groups in total. The Morgan fingerprint density at radius 2 is 2.15 bits per heavy atom. The van der Waals surface area contributed by atoms with Crippen molar-refractivity contribution in [2.24, 2.45) is 0 Å². The number of thiophene rings is 1. The van der Waals surface area contributed by atoms with Crippen molar-refractivity contribution in [2.45, 2.75) is 19.5 Å². The second kappa shape index (κ2) is 7.73. The van der Waals surface area contributed by atoms with Gasteiger partial charge in [0.2, 0.25) is 5.95 Å². The molecular weight excluding hydrogens is 412 g/mol. The highest BCUT2D eigenvalue weighted by Crippen LogP contribution is 2.25. The Hall–Kier alpha value is -1.96. The predicted octanol–water partition coefficient (Wildman–Crippen LogP) is 4.61. The number of hydrogen-bond donors (Lipinski definition) is 1. The van der Waals surface area contributed by atoms with E-state index in [-0.39, 0.29) is 0 Å². The van der Waals surface area contributed by atoms with Gasteiger partial charge in [-0.15, -0.1) is 11.3 Å². The van der Waals surface area contributed by atoms with E-state index in [2.05, 4.69) is 42.6 Å². The molecule has 0 unspecified atom stereocenters. The lowest BCUT2D eigenvalue weighted by atomic mass is 10.1. The average molecular weight is 431 g/mol.